The lowest BCUT2D eigenvalue weighted by molar-refractivity contribution is 0.484. The standard InChI is InChI=1S/C33H22FN5O/c1-20-8-10-36-33(12-20)39-30-7-4-23(34)16-28(30)27-6-5-25(18-31(27)39)40-26-14-22(13-24(17-26)35-2)29-15-21-9-11-38(3)32(21)19-37-29/h4-19H,1,3H3/i1D3. The summed E-state index contributed by atoms with van der Waals surface area (Å²) in [5, 5.41) is 2.44. The largest absolute Gasteiger partial charge is 0.459 e. The molecule has 7 aromatic rings. The Morgan fingerprint density at radius 2 is 1.80 bits per heavy atom. The fraction of sp³-hybridized carbons (Fsp3) is 0.0606. The predicted octanol–water partition coefficient (Wildman–Crippen LogP) is 8.52. The molecule has 0 aliphatic carbocycles. The Morgan fingerprint density at radius 3 is 2.67 bits per heavy atom. The first-order valence-electron chi connectivity index (χ1n) is 14.0. The lowest BCUT2D eigenvalue weighted by Crippen LogP contribution is -1.97. The number of rotatable bonds is 4. The third-order valence-electron chi connectivity index (χ3n) is 7.00. The van der Waals surface area contributed by atoms with Crippen LogP contribution in [0.5, 0.6) is 11.5 Å². The van der Waals surface area contributed by atoms with Crippen molar-refractivity contribution in [1.82, 2.24) is 19.1 Å². The predicted molar refractivity (Wildman–Crippen MR) is 156 cm³/mol. The van der Waals surface area contributed by atoms with Gasteiger partial charge in [0, 0.05) is 45.8 Å². The normalized spacial score (nSPS) is 12.8. The van der Waals surface area contributed by atoms with E-state index in [9.17, 15) is 4.39 Å². The first kappa shape index (κ1) is 20.5. The molecule has 0 saturated heterocycles. The summed E-state index contributed by atoms with van der Waals surface area (Å²) in [6.07, 6.45) is 5.23. The van der Waals surface area contributed by atoms with Crippen LogP contribution in [0, 0.1) is 19.2 Å². The van der Waals surface area contributed by atoms with Crippen LogP contribution in [0.25, 0.3) is 54.6 Å². The fourth-order valence-corrected chi connectivity index (χ4v) is 5.14. The van der Waals surface area contributed by atoms with Crippen LogP contribution in [0.3, 0.4) is 0 Å². The van der Waals surface area contributed by atoms with Gasteiger partial charge in [0.2, 0.25) is 0 Å². The zero-order valence-electron chi connectivity index (χ0n) is 24.3. The Morgan fingerprint density at radius 1 is 0.875 bits per heavy atom. The van der Waals surface area contributed by atoms with Gasteiger partial charge in [0.15, 0.2) is 5.69 Å². The minimum absolute atomic E-state index is 0.146. The van der Waals surface area contributed by atoms with Gasteiger partial charge >= 0.3 is 0 Å². The summed E-state index contributed by atoms with van der Waals surface area (Å²) in [5.41, 5.74) is 4.34. The van der Waals surface area contributed by atoms with Crippen LogP contribution in [-0.2, 0) is 7.05 Å². The lowest BCUT2D eigenvalue weighted by atomic mass is 10.1. The summed E-state index contributed by atoms with van der Waals surface area (Å²) in [6.45, 7) is 5.33. The molecule has 0 unspecified atom stereocenters. The molecule has 0 amide bonds. The van der Waals surface area contributed by atoms with E-state index in [2.05, 4.69) is 14.8 Å². The highest BCUT2D eigenvalue weighted by atomic mass is 19.1. The van der Waals surface area contributed by atoms with Gasteiger partial charge in [-0.15, -0.1) is 0 Å². The minimum Gasteiger partial charge on any atom is -0.459 e. The van der Waals surface area contributed by atoms with Gasteiger partial charge in [-0.05, 0) is 90.8 Å². The van der Waals surface area contributed by atoms with E-state index in [0.29, 0.717) is 45.1 Å². The Labute approximate surface area is 233 Å². The molecule has 0 aliphatic rings. The maximum absolute atomic E-state index is 14.3. The maximum Gasteiger partial charge on any atom is 0.191 e. The molecule has 0 bridgehead atoms. The summed E-state index contributed by atoms with van der Waals surface area (Å²) in [4.78, 5) is 12.7. The van der Waals surface area contributed by atoms with Crippen molar-refractivity contribution >= 4 is 38.4 Å². The van der Waals surface area contributed by atoms with E-state index < -0.39 is 6.85 Å². The fourth-order valence-electron chi connectivity index (χ4n) is 5.14. The Balaban J connectivity index is 1.35. The number of halogens is 1. The molecule has 0 radical (unpaired) electrons. The number of hydrogen-bond donors (Lipinski definition) is 0. The highest BCUT2D eigenvalue weighted by Crippen LogP contribution is 2.37. The number of pyridine rings is 2. The second kappa shape index (κ2) is 9.07. The van der Waals surface area contributed by atoms with Crippen LogP contribution < -0.4 is 4.74 Å². The van der Waals surface area contributed by atoms with Crippen LogP contribution >= 0.6 is 0 Å². The number of nitrogens with zero attached hydrogens (tertiary/aromatic N) is 5. The van der Waals surface area contributed by atoms with Crippen molar-refractivity contribution in [1.29, 1.82) is 0 Å². The third-order valence-corrected chi connectivity index (χ3v) is 7.00. The van der Waals surface area contributed by atoms with Crippen molar-refractivity contribution in [2.24, 2.45) is 7.05 Å². The highest BCUT2D eigenvalue weighted by Gasteiger charge is 2.16. The molecular weight excluding hydrogens is 501 g/mol. The van der Waals surface area contributed by atoms with Crippen LogP contribution in [0.2, 0.25) is 0 Å². The molecule has 6 nitrogen and oxygen atoms in total. The van der Waals surface area contributed by atoms with Crippen molar-refractivity contribution in [2.45, 2.75) is 6.85 Å². The van der Waals surface area contributed by atoms with Crippen molar-refractivity contribution in [3.05, 3.63) is 120 Å². The lowest BCUT2D eigenvalue weighted by Gasteiger charge is -2.11. The molecule has 0 N–H and O–H groups in total. The van der Waals surface area contributed by atoms with E-state index in [1.165, 1.54) is 30.5 Å². The summed E-state index contributed by atoms with van der Waals surface area (Å²) in [6, 6.07) is 22.1. The second-order valence-corrected chi connectivity index (χ2v) is 9.56. The maximum atomic E-state index is 14.3. The highest BCUT2D eigenvalue weighted by molar-refractivity contribution is 6.09. The van der Waals surface area contributed by atoms with Gasteiger partial charge in [0.05, 0.1) is 35.0 Å². The average Bonchev–Trinajstić information content (AvgIpc) is 3.52. The molecule has 4 heterocycles. The summed E-state index contributed by atoms with van der Waals surface area (Å²) in [7, 11) is 1.96. The average molecular weight is 527 g/mol. The van der Waals surface area contributed by atoms with Gasteiger partial charge in [0.1, 0.15) is 23.1 Å². The monoisotopic (exact) mass is 526 g/mol. The Kier molecular flexibility index (Phi) is 4.64. The summed E-state index contributed by atoms with van der Waals surface area (Å²) in [5.74, 6) is 0.927. The van der Waals surface area contributed by atoms with Gasteiger partial charge in [-0.3, -0.25) is 9.55 Å². The van der Waals surface area contributed by atoms with E-state index in [-0.39, 0.29) is 11.4 Å². The number of ether oxygens (including phenoxy) is 1. The minimum atomic E-state index is -2.32. The van der Waals surface area contributed by atoms with Crippen LogP contribution in [0.4, 0.5) is 10.1 Å². The SMILES string of the molecule is [2H]C([2H])([2H])c1ccnc(-n2c3ccc(F)cc3c3ccc(Oc4cc([N+]#[C-])cc(-c5cc6ccn(C)c6cn5)c4)cc32)c1. The first-order valence-corrected chi connectivity index (χ1v) is 12.5. The number of aryl methyl sites for hydroxylation is 2. The van der Waals surface area contributed by atoms with Gasteiger partial charge in [-0.25, -0.2) is 14.2 Å². The van der Waals surface area contributed by atoms with Crippen LogP contribution in [0.15, 0.2) is 97.5 Å². The molecule has 0 atom stereocenters. The number of aromatic nitrogens is 4. The molecule has 4 aromatic heterocycles. The molecule has 3 aromatic carbocycles. The Bertz CT molecular complexity index is 2260. The van der Waals surface area contributed by atoms with E-state index in [4.69, 9.17) is 15.4 Å². The van der Waals surface area contributed by atoms with E-state index >= 15 is 0 Å². The van der Waals surface area contributed by atoms with Gasteiger partial charge in [-0.2, -0.15) is 0 Å². The molecule has 40 heavy (non-hydrogen) atoms. The van der Waals surface area contributed by atoms with E-state index in [0.717, 1.165) is 21.9 Å². The van der Waals surface area contributed by atoms with Crippen molar-refractivity contribution in [3.8, 4) is 28.6 Å². The van der Waals surface area contributed by atoms with Gasteiger partial charge in [-0.1, -0.05) is 0 Å². The third kappa shape index (κ3) is 3.94. The molecule has 0 aliphatic heterocycles. The summed E-state index contributed by atoms with van der Waals surface area (Å²) < 4.78 is 48.0. The van der Waals surface area contributed by atoms with Crippen molar-refractivity contribution in [3.63, 3.8) is 0 Å². The van der Waals surface area contributed by atoms with Gasteiger partial charge in [0.25, 0.3) is 0 Å². The molecular formula is C33H22FN5O. The Hall–Kier alpha value is -5.48. The topological polar surface area (TPSA) is 49.2 Å². The van der Waals surface area contributed by atoms with Crippen molar-refractivity contribution < 1.29 is 13.2 Å². The quantitative estimate of drug-likeness (QED) is 0.216. The van der Waals surface area contributed by atoms with Crippen molar-refractivity contribution in [2.75, 3.05) is 0 Å². The number of benzene rings is 3. The van der Waals surface area contributed by atoms with Gasteiger partial charge < -0.3 is 9.30 Å². The molecule has 0 saturated carbocycles. The molecule has 7 rings (SSSR count). The molecule has 0 fully saturated rings. The molecule has 7 heteroatoms. The zero-order valence-corrected chi connectivity index (χ0v) is 21.3. The van der Waals surface area contributed by atoms with E-state index in [1.54, 1.807) is 41.1 Å². The van der Waals surface area contributed by atoms with E-state index in [1.807, 2.05) is 42.1 Å². The smallest absolute Gasteiger partial charge is 0.191 e. The summed E-state index contributed by atoms with van der Waals surface area (Å²) >= 11 is 0. The van der Waals surface area contributed by atoms with Crippen LogP contribution in [0.1, 0.15) is 9.68 Å². The number of fused-ring (bicyclic) bond motifs is 4. The molecule has 0 spiro atoms. The first-order chi connectivity index (χ1) is 20.7. The molecule has 192 valence electrons. The van der Waals surface area contributed by atoms with Crippen LogP contribution in [-0.4, -0.2) is 19.1 Å². The number of hydrogen-bond acceptors (Lipinski definition) is 3. The second-order valence-electron chi connectivity index (χ2n) is 9.56. The zero-order chi connectivity index (χ0) is 29.9.